The molecule has 1 unspecified atom stereocenters. The van der Waals surface area contributed by atoms with E-state index in [9.17, 15) is 0 Å². The number of aliphatic hydroxyl groups excluding tert-OH is 1. The lowest BCUT2D eigenvalue weighted by molar-refractivity contribution is 0.268. The molecule has 2 aromatic rings. The number of aromatic nitrogens is 2. The molecule has 0 saturated carbocycles. The number of aryl methyl sites for hydroxylation is 1. The normalized spacial score (nSPS) is 13.3. The van der Waals surface area contributed by atoms with Gasteiger partial charge in [0.2, 0.25) is 0 Å². The number of rotatable bonds is 2. The topological polar surface area (TPSA) is 63.5 Å². The SMILES string of the molecule is Cc1nc(Br)c2c(C(N)CO)cccn12. The second-order valence-electron chi connectivity index (χ2n) is 3.42. The standard InChI is InChI=1S/C10H12BrN3O/c1-6-13-10(11)9-7(8(12)5-15)3-2-4-14(6)9/h2-4,8,15H,5,12H2,1H3. The van der Waals surface area contributed by atoms with Crippen LogP contribution in [-0.4, -0.2) is 21.1 Å². The molecule has 0 aliphatic rings. The van der Waals surface area contributed by atoms with Crippen molar-refractivity contribution in [1.29, 1.82) is 0 Å². The number of imidazole rings is 1. The van der Waals surface area contributed by atoms with Gasteiger partial charge in [-0.15, -0.1) is 0 Å². The van der Waals surface area contributed by atoms with E-state index in [-0.39, 0.29) is 12.6 Å². The molecule has 2 rings (SSSR count). The summed E-state index contributed by atoms with van der Waals surface area (Å²) in [6.45, 7) is 1.85. The molecule has 80 valence electrons. The minimum Gasteiger partial charge on any atom is -0.394 e. The molecule has 0 bridgehead atoms. The Hall–Kier alpha value is -0.910. The van der Waals surface area contributed by atoms with Crippen LogP contribution >= 0.6 is 15.9 Å². The molecule has 5 heteroatoms. The van der Waals surface area contributed by atoms with Crippen molar-refractivity contribution in [3.63, 3.8) is 0 Å². The van der Waals surface area contributed by atoms with Crippen LogP contribution in [0.1, 0.15) is 17.4 Å². The molecule has 0 fully saturated rings. The van der Waals surface area contributed by atoms with Crippen LogP contribution in [0.2, 0.25) is 0 Å². The monoisotopic (exact) mass is 269 g/mol. The van der Waals surface area contributed by atoms with Gasteiger partial charge in [-0.3, -0.25) is 0 Å². The fraction of sp³-hybridized carbons (Fsp3) is 0.300. The lowest BCUT2D eigenvalue weighted by atomic mass is 10.1. The van der Waals surface area contributed by atoms with Gasteiger partial charge in [0.25, 0.3) is 0 Å². The smallest absolute Gasteiger partial charge is 0.132 e. The molecule has 2 heterocycles. The van der Waals surface area contributed by atoms with E-state index in [2.05, 4.69) is 20.9 Å². The Morgan fingerprint density at radius 1 is 1.67 bits per heavy atom. The molecule has 0 aromatic carbocycles. The Kier molecular flexibility index (Phi) is 2.77. The number of nitrogens with two attached hydrogens (primary N) is 1. The van der Waals surface area contributed by atoms with E-state index < -0.39 is 0 Å². The van der Waals surface area contributed by atoms with Crippen molar-refractivity contribution in [2.75, 3.05) is 6.61 Å². The minimum atomic E-state index is -0.374. The van der Waals surface area contributed by atoms with E-state index >= 15 is 0 Å². The largest absolute Gasteiger partial charge is 0.394 e. The zero-order chi connectivity index (χ0) is 11.0. The van der Waals surface area contributed by atoms with Gasteiger partial charge in [0, 0.05) is 6.20 Å². The van der Waals surface area contributed by atoms with Crippen LogP contribution in [0, 0.1) is 6.92 Å². The van der Waals surface area contributed by atoms with E-state index in [0.29, 0.717) is 0 Å². The fourth-order valence-electron chi connectivity index (χ4n) is 1.66. The van der Waals surface area contributed by atoms with Crippen LogP contribution in [0.4, 0.5) is 0 Å². The Balaban J connectivity index is 2.75. The Morgan fingerprint density at radius 2 is 2.40 bits per heavy atom. The van der Waals surface area contributed by atoms with Crippen molar-refractivity contribution >= 4 is 21.4 Å². The summed E-state index contributed by atoms with van der Waals surface area (Å²) in [5, 5.41) is 9.08. The second kappa shape index (κ2) is 3.92. The number of hydrogen-bond acceptors (Lipinski definition) is 3. The van der Waals surface area contributed by atoms with Crippen molar-refractivity contribution in [2.45, 2.75) is 13.0 Å². The molecule has 2 aromatic heterocycles. The van der Waals surface area contributed by atoms with Gasteiger partial charge in [-0.05, 0) is 34.5 Å². The lowest BCUT2D eigenvalue weighted by Crippen LogP contribution is -2.15. The maximum atomic E-state index is 9.08. The summed E-state index contributed by atoms with van der Waals surface area (Å²) in [7, 11) is 0. The zero-order valence-electron chi connectivity index (χ0n) is 8.31. The third-order valence-electron chi connectivity index (χ3n) is 2.43. The van der Waals surface area contributed by atoms with Crippen molar-refractivity contribution in [2.24, 2.45) is 5.73 Å². The van der Waals surface area contributed by atoms with Crippen molar-refractivity contribution in [3.05, 3.63) is 34.3 Å². The molecule has 1 atom stereocenters. The highest BCUT2D eigenvalue weighted by Gasteiger charge is 2.14. The van der Waals surface area contributed by atoms with Crippen LogP contribution in [0.3, 0.4) is 0 Å². The van der Waals surface area contributed by atoms with E-state index in [0.717, 1.165) is 21.5 Å². The third-order valence-corrected chi connectivity index (χ3v) is 2.98. The Labute approximate surface area is 95.9 Å². The fourth-order valence-corrected chi connectivity index (χ4v) is 2.34. The van der Waals surface area contributed by atoms with E-state index in [4.69, 9.17) is 10.8 Å². The van der Waals surface area contributed by atoms with E-state index in [1.54, 1.807) is 0 Å². The summed E-state index contributed by atoms with van der Waals surface area (Å²) in [6, 6.07) is 3.43. The van der Waals surface area contributed by atoms with Crippen LogP contribution < -0.4 is 5.73 Å². The molecule has 3 N–H and O–H groups in total. The van der Waals surface area contributed by atoms with E-state index in [1.807, 2.05) is 29.7 Å². The highest BCUT2D eigenvalue weighted by molar-refractivity contribution is 9.10. The van der Waals surface area contributed by atoms with Crippen LogP contribution in [0.25, 0.3) is 5.52 Å². The van der Waals surface area contributed by atoms with Crippen molar-refractivity contribution in [1.82, 2.24) is 9.38 Å². The quantitative estimate of drug-likeness (QED) is 0.867. The average molecular weight is 270 g/mol. The van der Waals surface area contributed by atoms with Crippen LogP contribution in [-0.2, 0) is 0 Å². The summed E-state index contributed by atoms with van der Waals surface area (Å²) in [5.74, 6) is 0.892. The van der Waals surface area contributed by atoms with Gasteiger partial charge in [0.15, 0.2) is 0 Å². The van der Waals surface area contributed by atoms with Gasteiger partial charge in [0.1, 0.15) is 10.4 Å². The average Bonchev–Trinajstić information content (AvgIpc) is 2.54. The highest BCUT2D eigenvalue weighted by Crippen LogP contribution is 2.25. The van der Waals surface area contributed by atoms with Gasteiger partial charge in [-0.25, -0.2) is 4.98 Å². The Bertz CT molecular complexity index is 495. The van der Waals surface area contributed by atoms with Crippen LogP contribution in [0.5, 0.6) is 0 Å². The zero-order valence-corrected chi connectivity index (χ0v) is 9.90. The number of fused-ring (bicyclic) bond motifs is 1. The van der Waals surface area contributed by atoms with Gasteiger partial charge >= 0.3 is 0 Å². The van der Waals surface area contributed by atoms with E-state index in [1.165, 1.54) is 0 Å². The van der Waals surface area contributed by atoms with Gasteiger partial charge in [-0.1, -0.05) is 6.07 Å². The summed E-state index contributed by atoms with van der Waals surface area (Å²) in [5.41, 5.74) is 7.65. The summed E-state index contributed by atoms with van der Waals surface area (Å²) >= 11 is 3.40. The molecule has 0 spiro atoms. The lowest BCUT2D eigenvalue weighted by Gasteiger charge is -2.10. The maximum absolute atomic E-state index is 9.08. The summed E-state index contributed by atoms with van der Waals surface area (Å²) in [6.07, 6.45) is 1.93. The predicted molar refractivity (Wildman–Crippen MR) is 61.6 cm³/mol. The Morgan fingerprint density at radius 3 is 3.07 bits per heavy atom. The van der Waals surface area contributed by atoms with Gasteiger partial charge in [0.05, 0.1) is 18.2 Å². The first-order chi connectivity index (χ1) is 7.15. The second-order valence-corrected chi connectivity index (χ2v) is 4.17. The summed E-state index contributed by atoms with van der Waals surface area (Å²) < 4.78 is 2.72. The van der Waals surface area contributed by atoms with Gasteiger partial charge < -0.3 is 15.2 Å². The number of hydrogen-bond donors (Lipinski definition) is 2. The molecular formula is C10H12BrN3O. The molecule has 4 nitrogen and oxygen atoms in total. The number of halogens is 1. The molecule has 0 aliphatic carbocycles. The molecule has 0 radical (unpaired) electrons. The van der Waals surface area contributed by atoms with Crippen LogP contribution in [0.15, 0.2) is 22.9 Å². The first-order valence-corrected chi connectivity index (χ1v) is 5.44. The number of pyridine rings is 1. The summed E-state index contributed by atoms with van der Waals surface area (Å²) in [4.78, 5) is 4.31. The third kappa shape index (κ3) is 1.67. The molecular weight excluding hydrogens is 258 g/mol. The molecule has 0 aliphatic heterocycles. The highest BCUT2D eigenvalue weighted by atomic mass is 79.9. The minimum absolute atomic E-state index is 0.0731. The predicted octanol–water partition coefficient (Wildman–Crippen LogP) is 1.40. The molecule has 0 amide bonds. The van der Waals surface area contributed by atoms with Crippen molar-refractivity contribution < 1.29 is 5.11 Å². The molecule has 0 saturated heterocycles. The molecule has 15 heavy (non-hydrogen) atoms. The maximum Gasteiger partial charge on any atom is 0.132 e. The number of aliphatic hydroxyl groups is 1. The van der Waals surface area contributed by atoms with Crippen molar-refractivity contribution in [3.8, 4) is 0 Å². The number of nitrogens with zero attached hydrogens (tertiary/aromatic N) is 2. The first kappa shape index (κ1) is 10.6. The van der Waals surface area contributed by atoms with Gasteiger partial charge in [-0.2, -0.15) is 0 Å². The first-order valence-electron chi connectivity index (χ1n) is 4.64.